The van der Waals surface area contributed by atoms with Crippen LogP contribution in [-0.2, 0) is 0 Å². The van der Waals surface area contributed by atoms with Crippen LogP contribution < -0.4 is 0 Å². The lowest BCUT2D eigenvalue weighted by atomic mass is 10.1. The van der Waals surface area contributed by atoms with E-state index in [-0.39, 0.29) is 5.75 Å². The number of phenolic OH excluding ortho intramolecular Hbond substituents is 1. The fraction of sp³-hybridized carbons (Fsp3) is 0. The summed E-state index contributed by atoms with van der Waals surface area (Å²) >= 11 is 0. The first-order chi connectivity index (χ1) is 9.34. The second-order valence-corrected chi connectivity index (χ2v) is 4.18. The van der Waals surface area contributed by atoms with Gasteiger partial charge in [-0.25, -0.2) is 9.97 Å². The van der Waals surface area contributed by atoms with Crippen molar-refractivity contribution in [2.45, 2.75) is 0 Å². The molecule has 1 N–H and O–H groups in total. The molecule has 3 aromatic rings. The highest BCUT2D eigenvalue weighted by Crippen LogP contribution is 2.26. The summed E-state index contributed by atoms with van der Waals surface area (Å²) in [4.78, 5) is 8.63. The van der Waals surface area contributed by atoms with Crippen molar-refractivity contribution in [3.8, 4) is 28.3 Å². The first kappa shape index (κ1) is 11.4. The molecular weight excluding hydrogens is 236 g/mol. The minimum absolute atomic E-state index is 0.190. The Labute approximate surface area is 111 Å². The first-order valence-electron chi connectivity index (χ1n) is 6.00. The Morgan fingerprint density at radius 2 is 1.32 bits per heavy atom. The molecule has 0 radical (unpaired) electrons. The van der Waals surface area contributed by atoms with Gasteiger partial charge < -0.3 is 5.11 Å². The Bertz CT molecular complexity index is 679. The Morgan fingerprint density at radius 3 is 2.00 bits per heavy atom. The molecule has 19 heavy (non-hydrogen) atoms. The number of nitrogens with zero attached hydrogens (tertiary/aromatic N) is 2. The van der Waals surface area contributed by atoms with Crippen LogP contribution in [0.2, 0.25) is 0 Å². The maximum atomic E-state index is 9.77. The third-order valence-electron chi connectivity index (χ3n) is 2.90. The van der Waals surface area contributed by atoms with Crippen molar-refractivity contribution in [2.24, 2.45) is 0 Å². The van der Waals surface area contributed by atoms with E-state index in [1.165, 1.54) is 0 Å². The minimum atomic E-state index is 0.190. The number of aromatic hydroxyl groups is 1. The monoisotopic (exact) mass is 248 g/mol. The van der Waals surface area contributed by atoms with Crippen molar-refractivity contribution in [2.75, 3.05) is 0 Å². The van der Waals surface area contributed by atoms with Crippen LogP contribution in [0, 0.1) is 0 Å². The smallest absolute Gasteiger partial charge is 0.162 e. The van der Waals surface area contributed by atoms with Gasteiger partial charge in [0.15, 0.2) is 5.82 Å². The van der Waals surface area contributed by atoms with Crippen molar-refractivity contribution < 1.29 is 5.11 Å². The lowest BCUT2D eigenvalue weighted by Crippen LogP contribution is -1.90. The van der Waals surface area contributed by atoms with Crippen molar-refractivity contribution in [1.82, 2.24) is 9.97 Å². The molecule has 0 saturated carbocycles. The lowest BCUT2D eigenvalue weighted by molar-refractivity contribution is 0.477. The van der Waals surface area contributed by atoms with E-state index in [0.717, 1.165) is 11.1 Å². The summed E-state index contributed by atoms with van der Waals surface area (Å²) in [7, 11) is 0. The number of phenols is 1. The summed E-state index contributed by atoms with van der Waals surface area (Å²) < 4.78 is 0. The molecule has 0 spiro atoms. The van der Waals surface area contributed by atoms with Crippen LogP contribution in [0.4, 0.5) is 0 Å². The van der Waals surface area contributed by atoms with Crippen molar-refractivity contribution in [1.29, 1.82) is 0 Å². The van der Waals surface area contributed by atoms with Gasteiger partial charge in [-0.05, 0) is 17.7 Å². The minimum Gasteiger partial charge on any atom is -0.507 e. The molecule has 3 nitrogen and oxygen atoms in total. The van der Waals surface area contributed by atoms with Gasteiger partial charge in [-0.1, -0.05) is 42.5 Å². The van der Waals surface area contributed by atoms with E-state index in [1.54, 1.807) is 30.6 Å². The Kier molecular flexibility index (Phi) is 2.94. The maximum Gasteiger partial charge on any atom is 0.162 e. The van der Waals surface area contributed by atoms with E-state index >= 15 is 0 Å². The van der Waals surface area contributed by atoms with E-state index in [2.05, 4.69) is 9.97 Å². The molecule has 0 aliphatic rings. The van der Waals surface area contributed by atoms with Crippen LogP contribution in [0.1, 0.15) is 0 Å². The molecule has 2 aromatic carbocycles. The predicted octanol–water partition coefficient (Wildman–Crippen LogP) is 3.52. The maximum absolute atomic E-state index is 9.77. The largest absolute Gasteiger partial charge is 0.507 e. The fourth-order valence-corrected chi connectivity index (χ4v) is 1.91. The van der Waals surface area contributed by atoms with Gasteiger partial charge >= 0.3 is 0 Å². The number of rotatable bonds is 2. The molecule has 1 aromatic heterocycles. The molecule has 92 valence electrons. The van der Waals surface area contributed by atoms with Crippen LogP contribution in [-0.4, -0.2) is 15.1 Å². The summed E-state index contributed by atoms with van der Waals surface area (Å²) in [6.07, 6.45) is 3.54. The van der Waals surface area contributed by atoms with Crippen molar-refractivity contribution >= 4 is 0 Å². The summed E-state index contributed by atoms with van der Waals surface area (Å²) in [5.74, 6) is 0.716. The summed E-state index contributed by atoms with van der Waals surface area (Å²) in [5, 5.41) is 9.77. The van der Waals surface area contributed by atoms with Gasteiger partial charge in [0.25, 0.3) is 0 Å². The van der Waals surface area contributed by atoms with Crippen molar-refractivity contribution in [3.63, 3.8) is 0 Å². The average molecular weight is 248 g/mol. The molecule has 0 aliphatic carbocycles. The quantitative estimate of drug-likeness (QED) is 0.754. The van der Waals surface area contributed by atoms with Gasteiger partial charge in [0.2, 0.25) is 0 Å². The molecular formula is C16H12N2O. The van der Waals surface area contributed by atoms with E-state index in [1.807, 2.05) is 36.4 Å². The Morgan fingerprint density at radius 1 is 0.684 bits per heavy atom. The molecule has 0 unspecified atom stereocenters. The summed E-state index contributed by atoms with van der Waals surface area (Å²) in [6.45, 7) is 0. The van der Waals surface area contributed by atoms with Crippen LogP contribution in [0.15, 0.2) is 67.0 Å². The van der Waals surface area contributed by atoms with Crippen molar-refractivity contribution in [3.05, 3.63) is 67.0 Å². The molecule has 0 amide bonds. The summed E-state index contributed by atoms with van der Waals surface area (Å²) in [6, 6.07) is 17.0. The van der Waals surface area contributed by atoms with E-state index < -0.39 is 0 Å². The normalized spacial score (nSPS) is 10.3. The molecule has 0 atom stereocenters. The van der Waals surface area contributed by atoms with Gasteiger partial charge in [-0.2, -0.15) is 0 Å². The third-order valence-corrected chi connectivity index (χ3v) is 2.90. The first-order valence-corrected chi connectivity index (χ1v) is 6.00. The Balaban J connectivity index is 1.98. The average Bonchev–Trinajstić information content (AvgIpc) is 2.49. The summed E-state index contributed by atoms with van der Waals surface area (Å²) in [5.41, 5.74) is 2.67. The van der Waals surface area contributed by atoms with Gasteiger partial charge in [0.1, 0.15) is 5.75 Å². The topological polar surface area (TPSA) is 46.0 Å². The molecule has 0 saturated heterocycles. The van der Waals surface area contributed by atoms with Crippen LogP contribution in [0.5, 0.6) is 5.75 Å². The van der Waals surface area contributed by atoms with Gasteiger partial charge in [-0.15, -0.1) is 0 Å². The molecule has 3 heteroatoms. The van der Waals surface area contributed by atoms with Crippen LogP contribution in [0.3, 0.4) is 0 Å². The zero-order valence-electron chi connectivity index (χ0n) is 10.2. The van der Waals surface area contributed by atoms with Gasteiger partial charge in [0, 0.05) is 18.0 Å². The second kappa shape index (κ2) is 4.90. The van der Waals surface area contributed by atoms with E-state index in [4.69, 9.17) is 0 Å². The van der Waals surface area contributed by atoms with Gasteiger partial charge in [-0.3, -0.25) is 0 Å². The van der Waals surface area contributed by atoms with E-state index in [0.29, 0.717) is 11.4 Å². The molecule has 0 aliphatic heterocycles. The number of aromatic nitrogens is 2. The fourth-order valence-electron chi connectivity index (χ4n) is 1.91. The zero-order valence-corrected chi connectivity index (χ0v) is 10.2. The lowest BCUT2D eigenvalue weighted by Gasteiger charge is -2.04. The Hall–Kier alpha value is -2.68. The van der Waals surface area contributed by atoms with Crippen LogP contribution in [0.25, 0.3) is 22.5 Å². The zero-order chi connectivity index (χ0) is 13.1. The second-order valence-electron chi connectivity index (χ2n) is 4.18. The number of hydrogen-bond acceptors (Lipinski definition) is 3. The third kappa shape index (κ3) is 2.31. The standard InChI is InChI=1S/C16H12N2O/c19-15-9-5-4-8-14(15)16-17-10-13(11-18-16)12-6-2-1-3-7-12/h1-11,19H. The SMILES string of the molecule is Oc1ccccc1-c1ncc(-c2ccccc2)cn1. The van der Waals surface area contributed by atoms with Gasteiger partial charge in [0.05, 0.1) is 5.56 Å². The highest BCUT2D eigenvalue weighted by molar-refractivity contribution is 5.66. The predicted molar refractivity (Wildman–Crippen MR) is 74.6 cm³/mol. The van der Waals surface area contributed by atoms with Crippen LogP contribution >= 0.6 is 0 Å². The highest BCUT2D eigenvalue weighted by Gasteiger charge is 2.06. The van der Waals surface area contributed by atoms with E-state index in [9.17, 15) is 5.11 Å². The number of para-hydroxylation sites is 1. The molecule has 0 fully saturated rings. The number of hydrogen-bond donors (Lipinski definition) is 1. The highest BCUT2D eigenvalue weighted by atomic mass is 16.3. The molecule has 1 heterocycles. The molecule has 0 bridgehead atoms. The number of benzene rings is 2. The molecule has 3 rings (SSSR count).